The lowest BCUT2D eigenvalue weighted by atomic mass is 10.0. The van der Waals surface area contributed by atoms with Gasteiger partial charge in [-0.3, -0.25) is 0 Å². The average Bonchev–Trinajstić information content (AvgIpc) is 2.45. The molecule has 1 atom stereocenters. The fraction of sp³-hybridized carbons (Fsp3) is 0.294. The molecule has 2 N–H and O–H groups in total. The Labute approximate surface area is 133 Å². The van der Waals surface area contributed by atoms with E-state index >= 15 is 0 Å². The van der Waals surface area contributed by atoms with Gasteiger partial charge in [0, 0.05) is 6.04 Å². The Kier molecular flexibility index (Phi) is 5.37. The van der Waals surface area contributed by atoms with Crippen molar-refractivity contribution in [1.82, 2.24) is 0 Å². The van der Waals surface area contributed by atoms with Crippen LogP contribution in [-0.2, 0) is 6.42 Å². The molecule has 2 aromatic carbocycles. The van der Waals surface area contributed by atoms with Crippen molar-refractivity contribution in [3.05, 3.63) is 57.8 Å². The van der Waals surface area contributed by atoms with Gasteiger partial charge in [-0.15, -0.1) is 0 Å². The summed E-state index contributed by atoms with van der Waals surface area (Å²) >= 11 is 3.47. The van der Waals surface area contributed by atoms with E-state index in [1.54, 1.807) is 12.1 Å². The van der Waals surface area contributed by atoms with Gasteiger partial charge in [0.25, 0.3) is 0 Å². The summed E-state index contributed by atoms with van der Waals surface area (Å²) in [6.07, 6.45) is 1.75. The Morgan fingerprint density at radius 1 is 1.19 bits per heavy atom. The second-order valence-corrected chi connectivity index (χ2v) is 6.03. The number of ether oxygens (including phenoxy) is 1. The molecule has 112 valence electrons. The van der Waals surface area contributed by atoms with E-state index in [9.17, 15) is 4.39 Å². The van der Waals surface area contributed by atoms with E-state index in [0.717, 1.165) is 28.4 Å². The Morgan fingerprint density at radius 3 is 2.62 bits per heavy atom. The summed E-state index contributed by atoms with van der Waals surface area (Å²) < 4.78 is 20.2. The van der Waals surface area contributed by atoms with Crippen molar-refractivity contribution >= 4 is 15.9 Å². The molecule has 1 unspecified atom stereocenters. The molecule has 0 bridgehead atoms. The first-order valence-corrected chi connectivity index (χ1v) is 7.77. The maximum absolute atomic E-state index is 13.7. The second-order valence-electron chi connectivity index (χ2n) is 5.17. The van der Waals surface area contributed by atoms with Crippen molar-refractivity contribution in [1.29, 1.82) is 0 Å². The number of nitrogens with two attached hydrogens (primary N) is 1. The predicted octanol–water partition coefficient (Wildman–Crippen LogP) is 4.97. The number of rotatable bonds is 5. The van der Waals surface area contributed by atoms with Gasteiger partial charge in [-0.05, 0) is 71.1 Å². The van der Waals surface area contributed by atoms with Crippen molar-refractivity contribution in [2.24, 2.45) is 5.73 Å². The lowest BCUT2D eigenvalue weighted by molar-refractivity contribution is 0.439. The summed E-state index contributed by atoms with van der Waals surface area (Å²) in [4.78, 5) is 0. The van der Waals surface area contributed by atoms with Crippen molar-refractivity contribution in [3.63, 3.8) is 0 Å². The number of hydrogen-bond donors (Lipinski definition) is 1. The molecule has 0 aliphatic heterocycles. The first-order chi connectivity index (χ1) is 9.99. The van der Waals surface area contributed by atoms with Gasteiger partial charge >= 0.3 is 0 Å². The van der Waals surface area contributed by atoms with Crippen molar-refractivity contribution in [3.8, 4) is 11.5 Å². The Balaban J connectivity index is 2.19. The van der Waals surface area contributed by atoms with Crippen LogP contribution in [0, 0.1) is 12.7 Å². The second kappa shape index (κ2) is 7.05. The van der Waals surface area contributed by atoms with Gasteiger partial charge in [0.2, 0.25) is 0 Å². The summed E-state index contributed by atoms with van der Waals surface area (Å²) in [6.45, 7) is 3.97. The zero-order valence-corrected chi connectivity index (χ0v) is 13.8. The molecule has 0 aliphatic carbocycles. The van der Waals surface area contributed by atoms with Gasteiger partial charge in [-0.25, -0.2) is 4.39 Å². The highest BCUT2D eigenvalue weighted by Crippen LogP contribution is 2.32. The van der Waals surface area contributed by atoms with Crippen LogP contribution in [0.2, 0.25) is 0 Å². The number of benzene rings is 2. The number of aryl methyl sites for hydroxylation is 1. The summed E-state index contributed by atoms with van der Waals surface area (Å²) in [5.74, 6) is 0.451. The van der Waals surface area contributed by atoms with Crippen LogP contribution in [0.3, 0.4) is 0 Å². The highest BCUT2D eigenvalue weighted by atomic mass is 79.9. The first kappa shape index (κ1) is 16.0. The predicted molar refractivity (Wildman–Crippen MR) is 87.3 cm³/mol. The minimum Gasteiger partial charge on any atom is -0.453 e. The van der Waals surface area contributed by atoms with Crippen LogP contribution in [0.1, 0.15) is 24.5 Å². The molecule has 0 fully saturated rings. The highest BCUT2D eigenvalue weighted by Gasteiger charge is 2.09. The number of halogens is 2. The van der Waals surface area contributed by atoms with Crippen LogP contribution in [-0.4, -0.2) is 6.04 Å². The quantitative estimate of drug-likeness (QED) is 0.825. The van der Waals surface area contributed by atoms with E-state index in [4.69, 9.17) is 10.5 Å². The van der Waals surface area contributed by atoms with E-state index in [0.29, 0.717) is 5.75 Å². The van der Waals surface area contributed by atoms with Crippen LogP contribution >= 0.6 is 15.9 Å². The number of hydrogen-bond acceptors (Lipinski definition) is 2. The van der Waals surface area contributed by atoms with Crippen molar-refractivity contribution in [2.45, 2.75) is 32.7 Å². The van der Waals surface area contributed by atoms with E-state index in [1.807, 2.05) is 25.1 Å². The molecule has 2 nitrogen and oxygen atoms in total. The van der Waals surface area contributed by atoms with Crippen molar-refractivity contribution in [2.75, 3.05) is 0 Å². The molecule has 0 aromatic heterocycles. The molecule has 2 aromatic rings. The van der Waals surface area contributed by atoms with Gasteiger partial charge < -0.3 is 10.5 Å². The van der Waals surface area contributed by atoms with Gasteiger partial charge in [-0.1, -0.05) is 19.1 Å². The summed E-state index contributed by atoms with van der Waals surface area (Å²) in [5, 5.41) is 0. The summed E-state index contributed by atoms with van der Waals surface area (Å²) in [6, 6.07) is 10.7. The lowest BCUT2D eigenvalue weighted by Crippen LogP contribution is -2.21. The molecular weight excluding hydrogens is 333 g/mol. The normalized spacial score (nSPS) is 12.2. The SMILES string of the molecule is CCC(N)Cc1ccc(Oc2cc(C)ccc2F)c(Br)c1. The minimum absolute atomic E-state index is 0.151. The fourth-order valence-corrected chi connectivity index (χ4v) is 2.52. The minimum atomic E-state index is -0.371. The molecule has 0 saturated carbocycles. The van der Waals surface area contributed by atoms with Gasteiger partial charge in [0.15, 0.2) is 11.6 Å². The largest absolute Gasteiger partial charge is 0.453 e. The average molecular weight is 352 g/mol. The molecule has 0 spiro atoms. The smallest absolute Gasteiger partial charge is 0.165 e. The van der Waals surface area contributed by atoms with Gasteiger partial charge in [-0.2, -0.15) is 0 Å². The van der Waals surface area contributed by atoms with Gasteiger partial charge in [0.05, 0.1) is 4.47 Å². The van der Waals surface area contributed by atoms with Crippen molar-refractivity contribution < 1.29 is 9.13 Å². The summed E-state index contributed by atoms with van der Waals surface area (Å²) in [7, 11) is 0. The zero-order valence-electron chi connectivity index (χ0n) is 12.2. The summed E-state index contributed by atoms with van der Waals surface area (Å²) in [5.41, 5.74) is 8.04. The molecule has 4 heteroatoms. The molecule has 0 saturated heterocycles. The topological polar surface area (TPSA) is 35.2 Å². The third-order valence-electron chi connectivity index (χ3n) is 3.33. The maximum Gasteiger partial charge on any atom is 0.165 e. The van der Waals surface area contributed by atoms with Crippen LogP contribution in [0.15, 0.2) is 40.9 Å². The standard InChI is InChI=1S/C17H19BrFNO/c1-3-13(20)9-12-5-7-16(14(18)10-12)21-17-8-11(2)4-6-15(17)19/h4-8,10,13H,3,9,20H2,1-2H3. The van der Waals surface area contributed by atoms with Gasteiger partial charge in [0.1, 0.15) is 5.75 Å². The van der Waals surface area contributed by atoms with E-state index in [-0.39, 0.29) is 17.6 Å². The van der Waals surface area contributed by atoms with E-state index < -0.39 is 0 Å². The maximum atomic E-state index is 13.7. The molecule has 0 heterocycles. The van der Waals surface area contributed by atoms with Crippen LogP contribution in [0.4, 0.5) is 4.39 Å². The molecular formula is C17H19BrFNO. The zero-order chi connectivity index (χ0) is 15.4. The van der Waals surface area contributed by atoms with Crippen LogP contribution in [0.25, 0.3) is 0 Å². The molecule has 21 heavy (non-hydrogen) atoms. The monoisotopic (exact) mass is 351 g/mol. The van der Waals surface area contributed by atoms with E-state index in [2.05, 4.69) is 22.9 Å². The first-order valence-electron chi connectivity index (χ1n) is 6.97. The third kappa shape index (κ3) is 4.29. The third-order valence-corrected chi connectivity index (χ3v) is 3.94. The fourth-order valence-electron chi connectivity index (χ4n) is 2.01. The molecule has 0 radical (unpaired) electrons. The van der Waals surface area contributed by atoms with Crippen LogP contribution in [0.5, 0.6) is 11.5 Å². The van der Waals surface area contributed by atoms with E-state index in [1.165, 1.54) is 6.07 Å². The Bertz CT molecular complexity index is 630. The molecule has 2 rings (SSSR count). The van der Waals surface area contributed by atoms with Crippen LogP contribution < -0.4 is 10.5 Å². The molecule has 0 amide bonds. The Morgan fingerprint density at radius 2 is 1.95 bits per heavy atom. The lowest BCUT2D eigenvalue weighted by Gasteiger charge is -2.12. The Hall–Kier alpha value is -1.39. The molecule has 0 aliphatic rings. The highest BCUT2D eigenvalue weighted by molar-refractivity contribution is 9.10.